The molecule has 32 heavy (non-hydrogen) atoms. The molecule has 0 spiro atoms. The summed E-state index contributed by atoms with van der Waals surface area (Å²) >= 11 is 0. The van der Waals surface area contributed by atoms with Crippen LogP contribution in [-0.4, -0.2) is 40.1 Å². The van der Waals surface area contributed by atoms with Gasteiger partial charge in [-0.1, -0.05) is 0 Å². The molecular formula is C19H19F4N7O2. The summed E-state index contributed by atoms with van der Waals surface area (Å²) in [6.07, 6.45) is -3.71. The Kier molecular flexibility index (Phi) is 7.32. The second kappa shape index (κ2) is 9.56. The minimum atomic E-state index is -4.85. The molecule has 170 valence electrons. The van der Waals surface area contributed by atoms with Crippen molar-refractivity contribution in [2.24, 2.45) is 10.7 Å². The number of amides is 1. The van der Waals surface area contributed by atoms with Gasteiger partial charge in [0.1, 0.15) is 23.5 Å². The van der Waals surface area contributed by atoms with Crippen LogP contribution in [0.3, 0.4) is 0 Å². The van der Waals surface area contributed by atoms with E-state index in [1.807, 2.05) is 6.07 Å². The third kappa shape index (κ3) is 5.27. The van der Waals surface area contributed by atoms with E-state index >= 15 is 0 Å². The van der Waals surface area contributed by atoms with Crippen molar-refractivity contribution in [2.75, 3.05) is 17.7 Å². The fourth-order valence-corrected chi connectivity index (χ4v) is 2.47. The number of halogens is 4. The van der Waals surface area contributed by atoms with E-state index in [1.54, 1.807) is 0 Å². The van der Waals surface area contributed by atoms with Crippen LogP contribution in [0.5, 0.6) is 0 Å². The van der Waals surface area contributed by atoms with Crippen molar-refractivity contribution in [1.82, 2.24) is 9.97 Å². The van der Waals surface area contributed by atoms with Gasteiger partial charge in [-0.25, -0.2) is 14.4 Å². The molecule has 2 aromatic rings. The number of aliphatic imine (C=N–C) groups is 1. The lowest BCUT2D eigenvalue weighted by atomic mass is 10.1. The van der Waals surface area contributed by atoms with E-state index in [0.29, 0.717) is 6.92 Å². The third-order valence-electron chi connectivity index (χ3n) is 4.28. The van der Waals surface area contributed by atoms with Gasteiger partial charge in [-0.3, -0.25) is 9.79 Å². The Hall–Kier alpha value is -3.79. The highest BCUT2D eigenvalue weighted by Gasteiger charge is 2.55. The van der Waals surface area contributed by atoms with Crippen molar-refractivity contribution in [3.63, 3.8) is 0 Å². The van der Waals surface area contributed by atoms with Gasteiger partial charge >= 0.3 is 6.18 Å². The number of hydrogen-bond acceptors (Lipinski definition) is 7. The summed E-state index contributed by atoms with van der Waals surface area (Å²) in [5.41, 5.74) is 7.85. The predicted molar refractivity (Wildman–Crippen MR) is 107 cm³/mol. The van der Waals surface area contributed by atoms with Crippen molar-refractivity contribution in [3.05, 3.63) is 47.2 Å². The lowest BCUT2D eigenvalue weighted by Gasteiger charge is -2.31. The van der Waals surface area contributed by atoms with Gasteiger partial charge in [0, 0.05) is 12.8 Å². The quantitative estimate of drug-likeness (QED) is 0.331. The van der Waals surface area contributed by atoms with Crippen LogP contribution in [0.15, 0.2) is 29.4 Å². The van der Waals surface area contributed by atoms with Crippen molar-refractivity contribution < 1.29 is 27.1 Å². The van der Waals surface area contributed by atoms with Crippen LogP contribution in [0.25, 0.3) is 0 Å². The second-order valence-electron chi connectivity index (χ2n) is 6.52. The van der Waals surface area contributed by atoms with E-state index in [-0.39, 0.29) is 35.1 Å². The molecule has 0 aliphatic heterocycles. The van der Waals surface area contributed by atoms with Gasteiger partial charge in [0.2, 0.25) is 5.60 Å². The van der Waals surface area contributed by atoms with Crippen molar-refractivity contribution in [3.8, 4) is 6.07 Å². The molecule has 0 unspecified atom stereocenters. The molecule has 5 N–H and O–H groups in total. The first kappa shape index (κ1) is 24.5. The van der Waals surface area contributed by atoms with E-state index in [2.05, 4.69) is 20.3 Å². The third-order valence-corrected chi connectivity index (χ3v) is 4.28. The lowest BCUT2D eigenvalue weighted by Crippen LogP contribution is -2.55. The van der Waals surface area contributed by atoms with Crippen LogP contribution < -0.4 is 16.8 Å². The van der Waals surface area contributed by atoms with Gasteiger partial charge in [0.25, 0.3) is 5.91 Å². The average Bonchev–Trinajstić information content (AvgIpc) is 2.72. The minimum Gasteiger partial charge on any atom is -0.397 e. The van der Waals surface area contributed by atoms with E-state index in [4.69, 9.17) is 21.5 Å². The average molecular weight is 453 g/mol. The molecule has 0 aliphatic carbocycles. The number of ether oxygens (including phenoxy) is 1. The first-order valence-corrected chi connectivity index (χ1v) is 9.06. The number of nitriles is 1. The number of rotatable bonds is 7. The zero-order chi connectivity index (χ0) is 24.1. The highest BCUT2D eigenvalue weighted by Crippen LogP contribution is 2.33. The molecule has 2 aromatic heterocycles. The Labute approximate surface area is 180 Å². The van der Waals surface area contributed by atoms with Crippen LogP contribution in [0, 0.1) is 17.1 Å². The number of nitrogens with zero attached hydrogens (tertiary/aromatic N) is 4. The zero-order valence-corrected chi connectivity index (χ0v) is 17.0. The number of carbonyl (C=O) groups excluding carboxylic acids is 1. The molecule has 9 nitrogen and oxygen atoms in total. The number of nitrogen functional groups attached to an aromatic ring is 1. The molecular weight excluding hydrogens is 434 g/mol. The maximum atomic E-state index is 14.1. The van der Waals surface area contributed by atoms with Gasteiger partial charge in [-0.05, 0) is 32.0 Å². The van der Waals surface area contributed by atoms with E-state index < -0.39 is 35.9 Å². The van der Waals surface area contributed by atoms with Crippen molar-refractivity contribution in [1.29, 1.82) is 5.26 Å². The monoisotopic (exact) mass is 453 g/mol. The molecule has 13 heteroatoms. The first-order chi connectivity index (χ1) is 14.9. The molecule has 0 bridgehead atoms. The van der Waals surface area contributed by atoms with Crippen LogP contribution >= 0.6 is 0 Å². The van der Waals surface area contributed by atoms with Gasteiger partial charge < -0.3 is 21.5 Å². The molecule has 0 radical (unpaired) electrons. The summed E-state index contributed by atoms with van der Waals surface area (Å²) in [6, 6.07) is 5.14. The fraction of sp³-hybridized carbons (Fsp3) is 0.316. The molecule has 0 saturated heterocycles. The molecule has 0 aliphatic rings. The Balaban J connectivity index is 2.25. The molecule has 0 saturated carbocycles. The minimum absolute atomic E-state index is 0.0661. The Morgan fingerprint density at radius 2 is 2.06 bits per heavy atom. The highest BCUT2D eigenvalue weighted by atomic mass is 19.4. The number of nitrogens with one attached hydrogen (secondary N) is 1. The maximum absolute atomic E-state index is 14.1. The number of anilines is 2. The molecule has 1 atom stereocenters. The Morgan fingerprint density at radius 1 is 1.38 bits per heavy atom. The van der Waals surface area contributed by atoms with Crippen LogP contribution in [0.1, 0.15) is 35.6 Å². The predicted octanol–water partition coefficient (Wildman–Crippen LogP) is 2.54. The zero-order valence-electron chi connectivity index (χ0n) is 17.0. The summed E-state index contributed by atoms with van der Waals surface area (Å²) in [5, 5.41) is 11.2. The number of carbonyl (C=O) groups is 1. The standard InChI is InChI=1S/C19H19F4N7O2/c1-3-32-18(2,19(21,22)23)17(26)28-9-13-11(20)4-5-14(29-13)30-16(31)15-12(25)6-10(7-24)8-27-15/h4-6,8H,3,9,25H2,1-2H3,(H2,26,28)(H,29,30,31)/t18-/m1/s1. The summed E-state index contributed by atoms with van der Waals surface area (Å²) in [5.74, 6) is -2.70. The SMILES string of the molecule is CCO[C@](C)(/C(N)=N\Cc1nc(NC(=O)c2ncc(C#N)cc2N)ccc1F)C(F)(F)F. The maximum Gasteiger partial charge on any atom is 0.424 e. The van der Waals surface area contributed by atoms with E-state index in [0.717, 1.165) is 18.3 Å². The van der Waals surface area contributed by atoms with Crippen LogP contribution in [0.4, 0.5) is 29.1 Å². The van der Waals surface area contributed by atoms with Gasteiger partial charge in [0.15, 0.2) is 5.69 Å². The molecule has 0 aromatic carbocycles. The molecule has 0 fully saturated rings. The molecule has 2 heterocycles. The lowest BCUT2D eigenvalue weighted by molar-refractivity contribution is -0.240. The number of hydrogen-bond donors (Lipinski definition) is 3. The van der Waals surface area contributed by atoms with Crippen molar-refractivity contribution in [2.45, 2.75) is 32.2 Å². The van der Waals surface area contributed by atoms with Crippen LogP contribution in [-0.2, 0) is 11.3 Å². The Morgan fingerprint density at radius 3 is 2.62 bits per heavy atom. The number of nitrogens with two attached hydrogens (primary N) is 2. The van der Waals surface area contributed by atoms with E-state index in [1.165, 1.54) is 13.0 Å². The smallest absolute Gasteiger partial charge is 0.397 e. The summed E-state index contributed by atoms with van der Waals surface area (Å²) in [6.45, 7) is 1.15. The van der Waals surface area contributed by atoms with E-state index in [9.17, 15) is 22.4 Å². The van der Waals surface area contributed by atoms with Gasteiger partial charge in [0.05, 0.1) is 23.5 Å². The number of aromatic nitrogens is 2. The normalized spacial score (nSPS) is 13.8. The highest BCUT2D eigenvalue weighted by molar-refractivity contribution is 6.05. The molecule has 2 rings (SSSR count). The van der Waals surface area contributed by atoms with Gasteiger partial charge in [-0.15, -0.1) is 0 Å². The summed E-state index contributed by atoms with van der Waals surface area (Å²) in [4.78, 5) is 23.6. The largest absolute Gasteiger partial charge is 0.424 e. The molecule has 1 amide bonds. The summed E-state index contributed by atoms with van der Waals surface area (Å²) < 4.78 is 58.9. The second-order valence-corrected chi connectivity index (χ2v) is 6.52. The topological polar surface area (TPSA) is 152 Å². The Bertz CT molecular complexity index is 1080. The van der Waals surface area contributed by atoms with Crippen molar-refractivity contribution >= 4 is 23.2 Å². The number of alkyl halides is 3. The summed E-state index contributed by atoms with van der Waals surface area (Å²) in [7, 11) is 0. The van der Waals surface area contributed by atoms with Gasteiger partial charge in [-0.2, -0.15) is 18.4 Å². The fourth-order valence-electron chi connectivity index (χ4n) is 2.47. The first-order valence-electron chi connectivity index (χ1n) is 9.06. The number of pyridine rings is 2. The number of amidine groups is 1. The van der Waals surface area contributed by atoms with Crippen LogP contribution in [0.2, 0.25) is 0 Å².